The fraction of sp³-hybridized carbons (Fsp3) is 0.308. The molecule has 96 valence electrons. The van der Waals surface area contributed by atoms with E-state index < -0.39 is 0 Å². The van der Waals surface area contributed by atoms with E-state index in [1.807, 2.05) is 30.8 Å². The summed E-state index contributed by atoms with van der Waals surface area (Å²) in [7, 11) is 1.91. The van der Waals surface area contributed by atoms with Gasteiger partial charge in [0.05, 0.1) is 10.5 Å². The zero-order valence-electron chi connectivity index (χ0n) is 10.3. The molecule has 1 aromatic heterocycles. The first kappa shape index (κ1) is 13.2. The van der Waals surface area contributed by atoms with Crippen LogP contribution in [0.1, 0.15) is 24.4 Å². The smallest absolute Gasteiger partial charge is 0.142 e. The molecule has 3 nitrogen and oxygen atoms in total. The summed E-state index contributed by atoms with van der Waals surface area (Å²) in [6.07, 6.45) is 3.57. The molecular weight excluding hydrogens is 297 g/mol. The van der Waals surface area contributed by atoms with Gasteiger partial charge in [0.25, 0.3) is 0 Å². The average Bonchev–Trinajstić information content (AvgIpc) is 2.76. The lowest BCUT2D eigenvalue weighted by Crippen LogP contribution is -2.25. The van der Waals surface area contributed by atoms with Crippen LogP contribution in [-0.2, 0) is 7.05 Å². The summed E-state index contributed by atoms with van der Waals surface area (Å²) < 4.78 is 16.5. The minimum absolute atomic E-state index is 0.243. The largest absolute Gasteiger partial charge is 0.336 e. The second-order valence-corrected chi connectivity index (χ2v) is 4.88. The lowest BCUT2D eigenvalue weighted by molar-refractivity contribution is 0.529. The van der Waals surface area contributed by atoms with E-state index in [2.05, 4.69) is 26.2 Å². The molecule has 1 aromatic carbocycles. The van der Waals surface area contributed by atoms with Gasteiger partial charge in [-0.1, -0.05) is 19.1 Å². The maximum Gasteiger partial charge on any atom is 0.142 e. The predicted octanol–water partition coefficient (Wildman–Crippen LogP) is 3.02. The van der Waals surface area contributed by atoms with Crippen LogP contribution in [0.2, 0.25) is 0 Å². The van der Waals surface area contributed by atoms with E-state index in [4.69, 9.17) is 0 Å². The van der Waals surface area contributed by atoms with Gasteiger partial charge in [0.15, 0.2) is 0 Å². The predicted molar refractivity (Wildman–Crippen MR) is 72.8 cm³/mol. The molecule has 1 heterocycles. The van der Waals surface area contributed by atoms with Crippen LogP contribution in [0.5, 0.6) is 0 Å². The third-order valence-corrected chi connectivity index (χ3v) is 3.43. The first-order valence-electron chi connectivity index (χ1n) is 5.79. The van der Waals surface area contributed by atoms with Crippen LogP contribution in [0.4, 0.5) is 4.39 Å². The van der Waals surface area contributed by atoms with Crippen LogP contribution < -0.4 is 5.32 Å². The summed E-state index contributed by atoms with van der Waals surface area (Å²) >= 11 is 3.22. The molecule has 0 aliphatic carbocycles. The molecule has 0 amide bonds. The van der Waals surface area contributed by atoms with Gasteiger partial charge in [-0.3, -0.25) is 0 Å². The normalized spacial score (nSPS) is 12.7. The molecule has 0 aliphatic heterocycles. The molecule has 1 N–H and O–H groups in total. The molecule has 0 fully saturated rings. The van der Waals surface area contributed by atoms with E-state index in [0.717, 1.165) is 12.4 Å². The molecule has 1 unspecified atom stereocenters. The van der Waals surface area contributed by atoms with E-state index in [-0.39, 0.29) is 11.9 Å². The van der Waals surface area contributed by atoms with Gasteiger partial charge in [0, 0.05) is 25.0 Å². The number of rotatable bonds is 4. The van der Waals surface area contributed by atoms with Crippen molar-refractivity contribution in [3.05, 3.63) is 52.3 Å². The molecule has 0 spiro atoms. The number of halogens is 2. The molecule has 5 heteroatoms. The number of benzene rings is 1. The Balaban J connectivity index is 2.48. The second kappa shape index (κ2) is 5.63. The van der Waals surface area contributed by atoms with Crippen LogP contribution in [0.15, 0.2) is 35.1 Å². The summed E-state index contributed by atoms with van der Waals surface area (Å²) in [6, 6.07) is 5.06. The number of hydrogen-bond donors (Lipinski definition) is 1. The molecular formula is C13H15BrFN3. The van der Waals surface area contributed by atoms with Crippen molar-refractivity contribution in [3.8, 4) is 0 Å². The highest BCUT2D eigenvalue weighted by molar-refractivity contribution is 9.10. The first-order chi connectivity index (χ1) is 8.65. The van der Waals surface area contributed by atoms with Gasteiger partial charge >= 0.3 is 0 Å². The van der Waals surface area contributed by atoms with Crippen molar-refractivity contribution in [2.75, 3.05) is 6.54 Å². The Morgan fingerprint density at radius 1 is 1.50 bits per heavy atom. The standard InChI is InChI=1S/C13H15BrFN3/c1-3-16-12(13-17-7-8-18(13)2)9-5-4-6-10(14)11(9)15/h4-8,12,16H,3H2,1-2H3. The van der Waals surface area contributed by atoms with Crippen LogP contribution >= 0.6 is 15.9 Å². The summed E-state index contributed by atoms with van der Waals surface area (Å²) in [5.41, 5.74) is 0.598. The number of aryl methyl sites for hydroxylation is 1. The number of hydrogen-bond acceptors (Lipinski definition) is 2. The Bertz CT molecular complexity index is 539. The molecule has 0 aliphatic rings. The van der Waals surface area contributed by atoms with Crippen LogP contribution in [0, 0.1) is 5.82 Å². The quantitative estimate of drug-likeness (QED) is 0.940. The Morgan fingerprint density at radius 2 is 2.28 bits per heavy atom. The average molecular weight is 312 g/mol. The fourth-order valence-corrected chi connectivity index (χ4v) is 2.32. The second-order valence-electron chi connectivity index (χ2n) is 4.03. The minimum Gasteiger partial charge on any atom is -0.336 e. The third kappa shape index (κ3) is 2.47. The molecule has 18 heavy (non-hydrogen) atoms. The number of nitrogens with one attached hydrogen (secondary N) is 1. The van der Waals surface area contributed by atoms with Crippen molar-refractivity contribution < 1.29 is 4.39 Å². The molecule has 2 rings (SSSR count). The highest BCUT2D eigenvalue weighted by Crippen LogP contribution is 2.27. The highest BCUT2D eigenvalue weighted by atomic mass is 79.9. The minimum atomic E-state index is -0.244. The molecule has 1 atom stereocenters. The van der Waals surface area contributed by atoms with E-state index in [9.17, 15) is 4.39 Å². The van der Waals surface area contributed by atoms with E-state index >= 15 is 0 Å². The number of aromatic nitrogens is 2. The van der Waals surface area contributed by atoms with Crippen molar-refractivity contribution in [1.29, 1.82) is 0 Å². The van der Waals surface area contributed by atoms with Crippen molar-refractivity contribution in [2.24, 2.45) is 7.05 Å². The zero-order valence-corrected chi connectivity index (χ0v) is 11.9. The van der Waals surface area contributed by atoms with Gasteiger partial charge in [0.2, 0.25) is 0 Å². The van der Waals surface area contributed by atoms with Crippen molar-refractivity contribution >= 4 is 15.9 Å². The van der Waals surface area contributed by atoms with Crippen LogP contribution in [0.3, 0.4) is 0 Å². The van der Waals surface area contributed by atoms with Gasteiger partial charge in [-0.2, -0.15) is 0 Å². The van der Waals surface area contributed by atoms with Crippen LogP contribution in [-0.4, -0.2) is 16.1 Å². The van der Waals surface area contributed by atoms with E-state index in [1.165, 1.54) is 0 Å². The van der Waals surface area contributed by atoms with E-state index in [1.54, 1.807) is 18.3 Å². The molecule has 0 bridgehead atoms. The number of imidazole rings is 1. The van der Waals surface area contributed by atoms with Gasteiger partial charge in [-0.25, -0.2) is 9.37 Å². The van der Waals surface area contributed by atoms with Crippen molar-refractivity contribution in [2.45, 2.75) is 13.0 Å². The number of nitrogens with zero attached hydrogens (tertiary/aromatic N) is 2. The molecule has 0 saturated heterocycles. The summed E-state index contributed by atoms with van der Waals surface area (Å²) in [5.74, 6) is 0.556. The maximum atomic E-state index is 14.2. The van der Waals surface area contributed by atoms with Gasteiger partial charge in [-0.15, -0.1) is 0 Å². The molecule has 2 aromatic rings. The summed E-state index contributed by atoms with van der Waals surface area (Å²) in [4.78, 5) is 4.30. The van der Waals surface area contributed by atoms with Gasteiger partial charge < -0.3 is 9.88 Å². The van der Waals surface area contributed by atoms with Gasteiger partial charge in [0.1, 0.15) is 11.6 Å². The van der Waals surface area contributed by atoms with Gasteiger partial charge in [-0.05, 0) is 28.5 Å². The van der Waals surface area contributed by atoms with Crippen molar-refractivity contribution in [1.82, 2.24) is 14.9 Å². The Kier molecular flexibility index (Phi) is 4.14. The topological polar surface area (TPSA) is 29.9 Å². The lowest BCUT2D eigenvalue weighted by atomic mass is 10.1. The fourth-order valence-electron chi connectivity index (χ4n) is 1.94. The summed E-state index contributed by atoms with van der Waals surface area (Å²) in [6.45, 7) is 2.73. The SMILES string of the molecule is CCNC(c1cccc(Br)c1F)c1nccn1C. The zero-order chi connectivity index (χ0) is 13.1. The lowest BCUT2D eigenvalue weighted by Gasteiger charge is -2.19. The maximum absolute atomic E-state index is 14.2. The Morgan fingerprint density at radius 3 is 2.89 bits per heavy atom. The first-order valence-corrected chi connectivity index (χ1v) is 6.59. The highest BCUT2D eigenvalue weighted by Gasteiger charge is 2.21. The molecule has 0 radical (unpaired) electrons. The Labute approximate surface area is 114 Å². The monoisotopic (exact) mass is 311 g/mol. The summed E-state index contributed by atoms with van der Waals surface area (Å²) in [5, 5.41) is 3.27. The van der Waals surface area contributed by atoms with Crippen LogP contribution in [0.25, 0.3) is 0 Å². The molecule has 0 saturated carbocycles. The Hall–Kier alpha value is -1.20. The van der Waals surface area contributed by atoms with E-state index in [0.29, 0.717) is 10.0 Å². The van der Waals surface area contributed by atoms with Crippen molar-refractivity contribution in [3.63, 3.8) is 0 Å². The third-order valence-electron chi connectivity index (χ3n) is 2.82.